The second-order valence-corrected chi connectivity index (χ2v) is 13.3. The molecule has 4 aromatic rings. The van der Waals surface area contributed by atoms with Gasteiger partial charge in [-0.25, -0.2) is 0 Å². The van der Waals surface area contributed by atoms with Gasteiger partial charge in [-0.1, -0.05) is 153 Å². The van der Waals surface area contributed by atoms with Gasteiger partial charge in [-0.2, -0.15) is 0 Å². The molecule has 0 aliphatic carbocycles. The minimum Gasteiger partial charge on any atom is -0.427 e. The van der Waals surface area contributed by atoms with E-state index >= 15 is 0 Å². The highest BCUT2D eigenvalue weighted by atomic mass is 127. The van der Waals surface area contributed by atoms with Crippen LogP contribution in [0.5, 0.6) is 11.5 Å². The average Bonchev–Trinajstić information content (AvgIpc) is 3.29. The summed E-state index contributed by atoms with van der Waals surface area (Å²) in [7, 11) is 0. The van der Waals surface area contributed by atoms with E-state index in [4.69, 9.17) is 49.7 Å². The molecule has 0 aromatic heterocycles. The lowest BCUT2D eigenvalue weighted by Crippen LogP contribution is -2.07. The summed E-state index contributed by atoms with van der Waals surface area (Å²) in [5.74, 6) is 1.72. The van der Waals surface area contributed by atoms with Crippen molar-refractivity contribution in [1.82, 2.24) is 0 Å². The number of benzene rings is 4. The van der Waals surface area contributed by atoms with Gasteiger partial charge in [0.2, 0.25) is 0 Å². The van der Waals surface area contributed by atoms with E-state index in [1.807, 2.05) is 72.8 Å². The molecule has 0 saturated heterocycles. The molecule has 0 amide bonds. The maximum Gasteiger partial charge on any atom is 0.311 e. The van der Waals surface area contributed by atoms with Gasteiger partial charge in [0.15, 0.2) is 0 Å². The molecular formula is C40H50Cl2I2N6O4. The Morgan fingerprint density at radius 2 is 0.907 bits per heavy atom. The van der Waals surface area contributed by atoms with Crippen molar-refractivity contribution in [3.8, 4) is 11.5 Å². The molecule has 0 unspecified atom stereocenters. The topological polar surface area (TPSA) is 150 Å². The number of carbonyl (C=O) groups excluding carboxylic acids is 2. The molecule has 14 heteroatoms. The number of alkyl halides is 4. The summed E-state index contributed by atoms with van der Waals surface area (Å²) < 4.78 is 32.4. The van der Waals surface area contributed by atoms with Gasteiger partial charge in [-0.05, 0) is 83.3 Å². The molecule has 0 heterocycles. The summed E-state index contributed by atoms with van der Waals surface area (Å²) >= 11 is 15.8. The summed E-state index contributed by atoms with van der Waals surface area (Å²) in [6.45, 7) is 0.967. The molecular weight excluding hydrogens is 953 g/mol. The second kappa shape index (κ2) is 34.0. The van der Waals surface area contributed by atoms with Crippen LogP contribution in [0.2, 0.25) is 0 Å². The lowest BCUT2D eigenvalue weighted by Gasteiger charge is -2.04. The van der Waals surface area contributed by atoms with Crippen molar-refractivity contribution < 1.29 is 25.0 Å². The first kappa shape index (κ1) is 44.9. The van der Waals surface area contributed by atoms with Crippen LogP contribution in [0.3, 0.4) is 0 Å². The molecule has 54 heavy (non-hydrogen) atoms. The maximum absolute atomic E-state index is 11.6. The number of nitrogens with zero attached hydrogens (tertiary/aromatic N) is 6. The van der Waals surface area contributed by atoms with Crippen molar-refractivity contribution in [1.29, 1.82) is 0 Å². The fraction of sp³-hybridized carbons (Fsp3) is 0.350. The van der Waals surface area contributed by atoms with Crippen LogP contribution in [0.1, 0.15) is 79.6 Å². The minimum absolute atomic E-state index is 0.217. The predicted octanol–water partition coefficient (Wildman–Crippen LogP) is 14.1. The van der Waals surface area contributed by atoms with Crippen molar-refractivity contribution in [2.24, 2.45) is 10.2 Å². The van der Waals surface area contributed by atoms with Crippen molar-refractivity contribution >= 4 is 80.3 Å². The molecule has 0 aliphatic heterocycles. The van der Waals surface area contributed by atoms with E-state index in [1.54, 1.807) is 12.1 Å². The van der Waals surface area contributed by atoms with E-state index in [0.29, 0.717) is 49.2 Å². The van der Waals surface area contributed by atoms with E-state index < -0.39 is 0 Å². The Bertz CT molecular complexity index is 1560. The molecule has 0 fully saturated rings. The van der Waals surface area contributed by atoms with Crippen LogP contribution in [0.4, 0.5) is 0 Å². The third-order valence-electron chi connectivity index (χ3n) is 7.02. The standard InChI is InChI=1S/C13H16ClN3O2.C13H16IN3O2.C7H7Cl.C7H7I.2H2/c2*14-10-11-5-7-12(8-6-11)19-13(18)4-2-1-3-9-16-17-15;2*8-6-7-4-2-1-3-5-7;;/h2*5-8H,1-4,9-10H2;2*1-5H,6H2;2*1H/i;;;;2*1+2T. The number of unbranched alkanes of at least 4 members (excludes halogenated alkanes) is 4. The van der Waals surface area contributed by atoms with Crippen LogP contribution >= 0.6 is 68.4 Å². The highest BCUT2D eigenvalue weighted by molar-refractivity contribution is 14.1. The highest BCUT2D eigenvalue weighted by Gasteiger charge is 2.06. The van der Waals surface area contributed by atoms with Crippen molar-refractivity contribution in [2.45, 2.75) is 72.0 Å². The smallest absolute Gasteiger partial charge is 0.311 e. The zero-order valence-electron chi connectivity index (χ0n) is 34.1. The number of carbonyl (C=O) groups is 2. The van der Waals surface area contributed by atoms with Gasteiger partial charge in [0.1, 0.15) is 11.5 Å². The molecule has 0 aliphatic rings. The molecule has 0 radical (unpaired) electrons. The van der Waals surface area contributed by atoms with Crippen LogP contribution in [-0.2, 0) is 30.2 Å². The van der Waals surface area contributed by atoms with Gasteiger partial charge >= 0.3 is 11.9 Å². The molecule has 4 aromatic carbocycles. The first-order valence-corrected chi connectivity index (χ1v) is 21.4. The van der Waals surface area contributed by atoms with E-state index in [9.17, 15) is 9.59 Å². The zero-order chi connectivity index (χ0) is 43.5. The minimum atomic E-state index is -0.248. The van der Waals surface area contributed by atoms with Gasteiger partial charge < -0.3 is 9.47 Å². The Hall–Kier alpha value is -3.52. The Balaban J connectivity index is 0. The lowest BCUT2D eigenvalue weighted by molar-refractivity contribution is -0.135. The van der Waals surface area contributed by atoms with E-state index in [-0.39, 0.29) is 11.9 Å². The summed E-state index contributed by atoms with van der Waals surface area (Å²) in [6, 6.07) is 35.0. The molecule has 10 nitrogen and oxygen atoms in total. The lowest BCUT2D eigenvalue weighted by atomic mass is 10.2. The van der Waals surface area contributed by atoms with Crippen LogP contribution in [0.15, 0.2) is 119 Å². The van der Waals surface area contributed by atoms with Gasteiger partial charge in [0.05, 0.1) is 0 Å². The van der Waals surface area contributed by atoms with E-state index in [2.05, 4.69) is 89.5 Å². The first-order chi connectivity index (χ1) is 28.4. The summed E-state index contributed by atoms with van der Waals surface area (Å²) in [5, 5.41) is 6.86. The SMILES string of the molecule is ClCc1ccccc1.ICc1ccccc1.[3H][3H].[3H][3H].[N-]=[N+]=NCCCCCC(=O)Oc1ccc(CCl)cc1.[N-]=[N+]=NCCCCCC(=O)Oc1ccc(CI)cc1. The normalized spacial score (nSPS) is 9.85. The monoisotopic (exact) mass is 1010 g/mol. The molecule has 292 valence electrons. The summed E-state index contributed by atoms with van der Waals surface area (Å²) in [6.07, 6.45) is 5.56. The Morgan fingerprint density at radius 3 is 1.24 bits per heavy atom. The number of azide groups is 2. The van der Waals surface area contributed by atoms with Crippen LogP contribution in [0.25, 0.3) is 20.9 Å². The Kier molecular flexibility index (Phi) is 28.3. The van der Waals surface area contributed by atoms with Crippen molar-refractivity contribution in [3.05, 3.63) is 152 Å². The number of ether oxygens (including phenoxy) is 2. The zero-order valence-corrected chi connectivity index (χ0v) is 35.9. The summed E-state index contributed by atoms with van der Waals surface area (Å²) in [4.78, 5) is 28.4. The number of rotatable bonds is 18. The largest absolute Gasteiger partial charge is 0.427 e. The highest BCUT2D eigenvalue weighted by Crippen LogP contribution is 2.16. The molecule has 4 rings (SSSR count). The number of hydrogen-bond donors (Lipinski definition) is 0. The number of halogens is 4. The number of hydrogen-bond acceptors (Lipinski definition) is 6. The van der Waals surface area contributed by atoms with Crippen molar-refractivity contribution in [2.75, 3.05) is 13.1 Å². The Morgan fingerprint density at radius 1 is 0.556 bits per heavy atom. The third kappa shape index (κ3) is 26.3. The molecule has 0 atom stereocenters. The molecule has 0 bridgehead atoms. The molecule has 0 N–H and O–H groups in total. The third-order valence-corrected chi connectivity index (χ3v) is 9.40. The van der Waals surface area contributed by atoms with Gasteiger partial charge in [-0.3, -0.25) is 9.59 Å². The van der Waals surface area contributed by atoms with Crippen LogP contribution < -0.4 is 9.47 Å². The fourth-order valence-electron chi connectivity index (χ4n) is 4.14. The van der Waals surface area contributed by atoms with E-state index in [1.165, 1.54) is 16.7 Å². The fourth-order valence-corrected chi connectivity index (χ4v) is 5.51. The Labute approximate surface area is 362 Å². The first-order valence-electron chi connectivity index (χ1n) is 19.3. The van der Waals surface area contributed by atoms with Crippen molar-refractivity contribution in [3.63, 3.8) is 0 Å². The van der Waals surface area contributed by atoms with Gasteiger partial charge in [0.25, 0.3) is 0 Å². The van der Waals surface area contributed by atoms with Gasteiger partial charge in [0, 0.05) is 62.3 Å². The van der Waals surface area contributed by atoms with Crippen LogP contribution in [-0.4, -0.2) is 25.0 Å². The second-order valence-electron chi connectivity index (χ2n) is 11.3. The molecule has 0 spiro atoms. The molecule has 0 saturated carbocycles. The van der Waals surface area contributed by atoms with E-state index in [0.717, 1.165) is 52.9 Å². The average molecular weight is 1010 g/mol. The predicted molar refractivity (Wildman–Crippen MR) is 241 cm³/mol. The summed E-state index contributed by atoms with van der Waals surface area (Å²) in [5.41, 5.74) is 20.9. The number of esters is 2. The van der Waals surface area contributed by atoms with Crippen LogP contribution in [0, 0.1) is 0 Å². The quantitative estimate of drug-likeness (QED) is 0.0142. The maximum atomic E-state index is 11.6. The van der Waals surface area contributed by atoms with Gasteiger partial charge in [-0.15, -0.1) is 23.2 Å².